The zero-order valence-electron chi connectivity index (χ0n) is 8.83. The van der Waals surface area contributed by atoms with Crippen molar-refractivity contribution in [1.82, 2.24) is 0 Å². The van der Waals surface area contributed by atoms with Gasteiger partial charge in [0.1, 0.15) is 0 Å². The van der Waals surface area contributed by atoms with Crippen LogP contribution in [0.5, 0.6) is 0 Å². The second kappa shape index (κ2) is 4.45. The molecule has 1 aliphatic rings. The fourth-order valence-electron chi connectivity index (χ4n) is 2.60. The van der Waals surface area contributed by atoms with Crippen molar-refractivity contribution >= 4 is 11.3 Å². The Hall–Kier alpha value is -0.340. The Kier molecular flexibility index (Phi) is 3.24. The monoisotopic (exact) mass is 209 g/mol. The fourth-order valence-corrected chi connectivity index (χ4v) is 3.76. The van der Waals surface area contributed by atoms with E-state index in [9.17, 15) is 0 Å². The second-order valence-corrected chi connectivity index (χ2v) is 5.30. The third kappa shape index (κ3) is 1.86. The Balaban J connectivity index is 2.19. The Morgan fingerprint density at radius 3 is 2.86 bits per heavy atom. The number of nitrogens with two attached hydrogens (primary N) is 1. The zero-order chi connectivity index (χ0) is 9.97. The third-order valence-corrected chi connectivity index (χ3v) is 4.60. The van der Waals surface area contributed by atoms with Crippen LogP contribution in [0.15, 0.2) is 11.4 Å². The van der Waals surface area contributed by atoms with Crippen molar-refractivity contribution in [3.8, 4) is 0 Å². The Bertz CT molecular complexity index is 292. The highest BCUT2D eigenvalue weighted by Crippen LogP contribution is 2.40. The van der Waals surface area contributed by atoms with Crippen LogP contribution in [-0.4, -0.2) is 6.54 Å². The second-order valence-electron chi connectivity index (χ2n) is 4.35. The summed E-state index contributed by atoms with van der Waals surface area (Å²) in [7, 11) is 0. The van der Waals surface area contributed by atoms with Gasteiger partial charge in [0, 0.05) is 4.88 Å². The van der Waals surface area contributed by atoms with Crippen LogP contribution >= 0.6 is 11.3 Å². The molecule has 2 atom stereocenters. The molecular formula is C12H19NS. The van der Waals surface area contributed by atoms with Crippen LogP contribution in [0.2, 0.25) is 0 Å². The lowest BCUT2D eigenvalue weighted by molar-refractivity contribution is 0.317. The molecule has 0 aliphatic heterocycles. The van der Waals surface area contributed by atoms with Crippen molar-refractivity contribution in [3.63, 3.8) is 0 Å². The van der Waals surface area contributed by atoms with Crippen LogP contribution in [0.1, 0.15) is 42.0 Å². The average Bonchev–Trinajstić information content (AvgIpc) is 2.64. The van der Waals surface area contributed by atoms with Gasteiger partial charge in [-0.1, -0.05) is 12.8 Å². The molecule has 0 spiro atoms. The Labute approximate surface area is 90.3 Å². The summed E-state index contributed by atoms with van der Waals surface area (Å²) in [5.74, 6) is 1.50. The summed E-state index contributed by atoms with van der Waals surface area (Å²) < 4.78 is 0. The van der Waals surface area contributed by atoms with Gasteiger partial charge < -0.3 is 5.73 Å². The largest absolute Gasteiger partial charge is 0.330 e. The number of hydrogen-bond donors (Lipinski definition) is 1. The summed E-state index contributed by atoms with van der Waals surface area (Å²) >= 11 is 1.92. The van der Waals surface area contributed by atoms with Gasteiger partial charge in [0.15, 0.2) is 0 Å². The number of hydrogen-bond acceptors (Lipinski definition) is 2. The number of aryl methyl sites for hydroxylation is 1. The van der Waals surface area contributed by atoms with E-state index >= 15 is 0 Å². The van der Waals surface area contributed by atoms with Gasteiger partial charge in [0.25, 0.3) is 0 Å². The normalized spacial score (nSPS) is 27.9. The molecule has 1 nitrogen and oxygen atoms in total. The molecule has 1 aliphatic carbocycles. The third-order valence-electron chi connectivity index (χ3n) is 3.45. The highest BCUT2D eigenvalue weighted by Gasteiger charge is 2.26. The van der Waals surface area contributed by atoms with Gasteiger partial charge >= 0.3 is 0 Å². The maximum Gasteiger partial charge on any atom is 0.0109 e. The van der Waals surface area contributed by atoms with Crippen LogP contribution in [-0.2, 0) is 0 Å². The fraction of sp³-hybridized carbons (Fsp3) is 0.667. The molecule has 2 rings (SSSR count). The summed E-state index contributed by atoms with van der Waals surface area (Å²) in [6, 6.07) is 2.24. The minimum atomic E-state index is 0.737. The Morgan fingerprint density at radius 1 is 1.43 bits per heavy atom. The lowest BCUT2D eigenvalue weighted by Gasteiger charge is -2.30. The van der Waals surface area contributed by atoms with E-state index in [-0.39, 0.29) is 0 Å². The molecule has 1 fully saturated rings. The van der Waals surface area contributed by atoms with Crippen molar-refractivity contribution < 1.29 is 0 Å². The molecule has 0 amide bonds. The average molecular weight is 209 g/mol. The molecule has 0 aromatic carbocycles. The van der Waals surface area contributed by atoms with Crippen molar-refractivity contribution in [2.45, 2.75) is 38.5 Å². The van der Waals surface area contributed by atoms with E-state index < -0.39 is 0 Å². The SMILES string of the molecule is Cc1ccsc1C1CCCCC1CN. The molecule has 1 heterocycles. The van der Waals surface area contributed by atoms with E-state index in [4.69, 9.17) is 5.73 Å². The maximum absolute atomic E-state index is 5.85. The van der Waals surface area contributed by atoms with Gasteiger partial charge in [-0.3, -0.25) is 0 Å². The first-order valence-corrected chi connectivity index (χ1v) is 6.45. The van der Waals surface area contributed by atoms with Crippen LogP contribution in [0.25, 0.3) is 0 Å². The van der Waals surface area contributed by atoms with Crippen LogP contribution in [0, 0.1) is 12.8 Å². The molecule has 1 saturated carbocycles. The molecule has 1 aromatic rings. The quantitative estimate of drug-likeness (QED) is 0.794. The first-order valence-electron chi connectivity index (χ1n) is 5.57. The van der Waals surface area contributed by atoms with E-state index in [2.05, 4.69) is 18.4 Å². The minimum absolute atomic E-state index is 0.737. The van der Waals surface area contributed by atoms with Gasteiger partial charge in [-0.05, 0) is 55.2 Å². The summed E-state index contributed by atoms with van der Waals surface area (Å²) in [5, 5.41) is 2.22. The predicted octanol–water partition coefficient (Wildman–Crippen LogP) is 3.29. The Morgan fingerprint density at radius 2 is 2.21 bits per heavy atom. The van der Waals surface area contributed by atoms with Gasteiger partial charge in [0.05, 0.1) is 0 Å². The van der Waals surface area contributed by atoms with E-state index in [0.717, 1.165) is 18.4 Å². The molecule has 0 saturated heterocycles. The van der Waals surface area contributed by atoms with Crippen LogP contribution in [0.3, 0.4) is 0 Å². The molecular weight excluding hydrogens is 190 g/mol. The topological polar surface area (TPSA) is 26.0 Å². The first kappa shape index (κ1) is 10.2. The molecule has 0 radical (unpaired) electrons. The van der Waals surface area contributed by atoms with E-state index in [1.54, 1.807) is 4.88 Å². The molecule has 78 valence electrons. The number of rotatable bonds is 2. The number of thiophene rings is 1. The van der Waals surface area contributed by atoms with Crippen LogP contribution < -0.4 is 5.73 Å². The lowest BCUT2D eigenvalue weighted by atomic mass is 9.78. The van der Waals surface area contributed by atoms with Crippen molar-refractivity contribution in [2.24, 2.45) is 11.7 Å². The highest BCUT2D eigenvalue weighted by atomic mass is 32.1. The summed E-state index contributed by atoms with van der Waals surface area (Å²) in [6.07, 6.45) is 5.45. The molecule has 2 N–H and O–H groups in total. The van der Waals surface area contributed by atoms with E-state index in [1.807, 2.05) is 11.3 Å². The maximum atomic E-state index is 5.85. The molecule has 2 unspecified atom stereocenters. The van der Waals surface area contributed by atoms with E-state index in [0.29, 0.717) is 0 Å². The van der Waals surface area contributed by atoms with Gasteiger partial charge in [-0.15, -0.1) is 11.3 Å². The van der Waals surface area contributed by atoms with Crippen molar-refractivity contribution in [1.29, 1.82) is 0 Å². The van der Waals surface area contributed by atoms with Crippen molar-refractivity contribution in [3.05, 3.63) is 21.9 Å². The summed E-state index contributed by atoms with van der Waals surface area (Å²) in [6.45, 7) is 3.09. The highest BCUT2D eigenvalue weighted by molar-refractivity contribution is 7.10. The molecule has 0 bridgehead atoms. The smallest absolute Gasteiger partial charge is 0.0109 e. The molecule has 1 aromatic heterocycles. The summed E-state index contributed by atoms with van der Waals surface area (Å²) in [4.78, 5) is 1.60. The summed E-state index contributed by atoms with van der Waals surface area (Å²) in [5.41, 5.74) is 7.33. The minimum Gasteiger partial charge on any atom is -0.330 e. The predicted molar refractivity (Wildman–Crippen MR) is 62.8 cm³/mol. The van der Waals surface area contributed by atoms with E-state index in [1.165, 1.54) is 31.2 Å². The van der Waals surface area contributed by atoms with Crippen LogP contribution in [0.4, 0.5) is 0 Å². The first-order chi connectivity index (χ1) is 6.83. The van der Waals surface area contributed by atoms with Crippen molar-refractivity contribution in [2.75, 3.05) is 6.54 Å². The van der Waals surface area contributed by atoms with Gasteiger partial charge in [-0.2, -0.15) is 0 Å². The molecule has 2 heteroatoms. The zero-order valence-corrected chi connectivity index (χ0v) is 9.65. The molecule has 14 heavy (non-hydrogen) atoms. The standard InChI is InChI=1S/C12H19NS/c1-9-6-7-14-12(9)11-5-3-2-4-10(11)8-13/h6-7,10-11H,2-5,8,13H2,1H3. The van der Waals surface area contributed by atoms with Gasteiger partial charge in [-0.25, -0.2) is 0 Å². The lowest BCUT2D eigenvalue weighted by Crippen LogP contribution is -2.25. The van der Waals surface area contributed by atoms with Gasteiger partial charge in [0.2, 0.25) is 0 Å².